The Balaban J connectivity index is 2.97. The molecule has 70 valence electrons. The van der Waals surface area contributed by atoms with Crippen molar-refractivity contribution in [3.63, 3.8) is 0 Å². The van der Waals surface area contributed by atoms with Crippen molar-refractivity contribution in [3.05, 3.63) is 41.6 Å². The second-order valence-corrected chi connectivity index (χ2v) is 3.28. The fourth-order valence-electron chi connectivity index (χ4n) is 1.46. The van der Waals surface area contributed by atoms with Crippen LogP contribution in [-0.2, 0) is 0 Å². The van der Waals surface area contributed by atoms with Crippen molar-refractivity contribution in [2.24, 2.45) is 5.73 Å². The maximum atomic E-state index is 5.83. The molecule has 0 aromatic heterocycles. The Morgan fingerprint density at radius 3 is 2.31 bits per heavy atom. The Morgan fingerprint density at radius 2 is 1.85 bits per heavy atom. The Labute approximate surface area is 80.3 Å². The predicted molar refractivity (Wildman–Crippen MR) is 58.1 cm³/mol. The Morgan fingerprint density at radius 1 is 1.23 bits per heavy atom. The molecule has 0 saturated heterocycles. The van der Waals surface area contributed by atoms with Gasteiger partial charge >= 0.3 is 0 Å². The highest BCUT2D eigenvalue weighted by Gasteiger charge is 2.01. The lowest BCUT2D eigenvalue weighted by Gasteiger charge is -2.08. The van der Waals surface area contributed by atoms with E-state index in [-0.39, 0.29) is 0 Å². The normalized spacial score (nSPS) is 12.5. The van der Waals surface area contributed by atoms with E-state index in [1.165, 1.54) is 11.1 Å². The third kappa shape index (κ3) is 2.62. The van der Waals surface area contributed by atoms with Gasteiger partial charge in [-0.2, -0.15) is 0 Å². The number of benzene rings is 1. The highest BCUT2D eigenvalue weighted by molar-refractivity contribution is 5.67. The first-order chi connectivity index (χ1) is 6.25. The molecule has 1 aromatic carbocycles. The van der Waals surface area contributed by atoms with Gasteiger partial charge in [0.05, 0.1) is 0 Å². The highest BCUT2D eigenvalue weighted by atomic mass is 14.6. The smallest absolute Gasteiger partial charge is 0.00874 e. The molecule has 0 aliphatic rings. The summed E-state index contributed by atoms with van der Waals surface area (Å²) in [6.07, 6.45) is 2.20. The fourth-order valence-corrected chi connectivity index (χ4v) is 1.46. The van der Waals surface area contributed by atoms with Gasteiger partial charge in [0.15, 0.2) is 0 Å². The minimum atomic E-state index is 0.938. The molecule has 2 N–H and O–H groups in total. The minimum Gasteiger partial charge on any atom is -0.402 e. The van der Waals surface area contributed by atoms with E-state index < -0.39 is 0 Å². The number of nitrogens with two attached hydrogens (primary N) is 1. The lowest BCUT2D eigenvalue weighted by molar-refractivity contribution is 0.962. The van der Waals surface area contributed by atoms with E-state index in [1.807, 2.05) is 25.1 Å². The molecule has 1 rings (SSSR count). The van der Waals surface area contributed by atoms with Gasteiger partial charge in [0.1, 0.15) is 0 Å². The van der Waals surface area contributed by atoms with Crippen molar-refractivity contribution in [2.45, 2.75) is 26.7 Å². The van der Waals surface area contributed by atoms with Crippen molar-refractivity contribution in [1.82, 2.24) is 0 Å². The zero-order valence-electron chi connectivity index (χ0n) is 8.38. The molecule has 0 bridgehead atoms. The van der Waals surface area contributed by atoms with Gasteiger partial charge in [0.25, 0.3) is 0 Å². The summed E-state index contributed by atoms with van der Waals surface area (Å²) in [5, 5.41) is 0. The summed E-state index contributed by atoms with van der Waals surface area (Å²) in [7, 11) is 0. The molecule has 0 aliphatic heterocycles. The molecule has 0 saturated carbocycles. The van der Waals surface area contributed by atoms with Crippen molar-refractivity contribution in [1.29, 1.82) is 0 Å². The molecule has 1 nitrogen and oxygen atoms in total. The standard InChI is InChI=1S/C12H17N/c1-3-7-12(10(2)13)11-8-5-4-6-9-11/h4-6,8-9H,3,7,13H2,1-2H3/b12-10-. The average Bonchev–Trinajstić information content (AvgIpc) is 2.15. The van der Waals surface area contributed by atoms with Gasteiger partial charge in [-0.1, -0.05) is 43.7 Å². The topological polar surface area (TPSA) is 26.0 Å². The number of hydrogen-bond acceptors (Lipinski definition) is 1. The van der Waals surface area contributed by atoms with Crippen LogP contribution >= 0.6 is 0 Å². The second-order valence-electron chi connectivity index (χ2n) is 3.28. The summed E-state index contributed by atoms with van der Waals surface area (Å²) < 4.78 is 0. The maximum Gasteiger partial charge on any atom is 0.00874 e. The summed E-state index contributed by atoms with van der Waals surface area (Å²) in [6, 6.07) is 10.4. The molecule has 1 aromatic rings. The van der Waals surface area contributed by atoms with Crippen molar-refractivity contribution in [2.75, 3.05) is 0 Å². The largest absolute Gasteiger partial charge is 0.402 e. The molecular formula is C12H17N. The van der Waals surface area contributed by atoms with E-state index >= 15 is 0 Å². The van der Waals surface area contributed by atoms with Crippen LogP contribution < -0.4 is 5.73 Å². The monoisotopic (exact) mass is 175 g/mol. The predicted octanol–water partition coefficient (Wildman–Crippen LogP) is 3.18. The molecule has 0 fully saturated rings. The van der Waals surface area contributed by atoms with Crippen LogP contribution in [0.4, 0.5) is 0 Å². The zero-order chi connectivity index (χ0) is 9.68. The summed E-state index contributed by atoms with van der Waals surface area (Å²) in [5.74, 6) is 0. The lowest BCUT2D eigenvalue weighted by atomic mass is 10.00. The van der Waals surface area contributed by atoms with Gasteiger partial charge in [0, 0.05) is 5.70 Å². The molecule has 0 atom stereocenters. The van der Waals surface area contributed by atoms with Crippen LogP contribution in [0.15, 0.2) is 36.0 Å². The molecule has 13 heavy (non-hydrogen) atoms. The molecule has 0 unspecified atom stereocenters. The third-order valence-corrected chi connectivity index (χ3v) is 2.10. The molecule has 1 heteroatoms. The highest BCUT2D eigenvalue weighted by Crippen LogP contribution is 2.21. The van der Waals surface area contributed by atoms with E-state index in [2.05, 4.69) is 19.1 Å². The summed E-state index contributed by atoms with van der Waals surface area (Å²) >= 11 is 0. The zero-order valence-corrected chi connectivity index (χ0v) is 8.38. The van der Waals surface area contributed by atoms with Crippen molar-refractivity contribution in [3.8, 4) is 0 Å². The minimum absolute atomic E-state index is 0.938. The molecule has 0 amide bonds. The summed E-state index contributed by atoms with van der Waals surface area (Å²) in [6.45, 7) is 4.14. The van der Waals surface area contributed by atoms with Crippen LogP contribution in [0.25, 0.3) is 5.57 Å². The van der Waals surface area contributed by atoms with E-state index in [0.29, 0.717) is 0 Å². The van der Waals surface area contributed by atoms with E-state index in [0.717, 1.165) is 18.5 Å². The van der Waals surface area contributed by atoms with Crippen LogP contribution in [0.1, 0.15) is 32.3 Å². The van der Waals surface area contributed by atoms with E-state index in [9.17, 15) is 0 Å². The van der Waals surface area contributed by atoms with Gasteiger partial charge in [-0.25, -0.2) is 0 Å². The fraction of sp³-hybridized carbons (Fsp3) is 0.333. The van der Waals surface area contributed by atoms with Gasteiger partial charge < -0.3 is 5.73 Å². The molecule has 0 aliphatic carbocycles. The maximum absolute atomic E-state index is 5.83. The van der Waals surface area contributed by atoms with Crippen LogP contribution in [0.3, 0.4) is 0 Å². The lowest BCUT2D eigenvalue weighted by Crippen LogP contribution is -1.97. The molecule has 0 radical (unpaired) electrons. The molecule has 0 spiro atoms. The molecular weight excluding hydrogens is 158 g/mol. The Kier molecular flexibility index (Phi) is 3.56. The summed E-state index contributed by atoms with van der Waals surface area (Å²) in [5.41, 5.74) is 9.31. The number of allylic oxidation sites excluding steroid dienone is 2. The Bertz CT molecular complexity index is 281. The van der Waals surface area contributed by atoms with Gasteiger partial charge in [-0.3, -0.25) is 0 Å². The quantitative estimate of drug-likeness (QED) is 0.750. The first-order valence-electron chi connectivity index (χ1n) is 4.76. The van der Waals surface area contributed by atoms with Crippen LogP contribution in [0.2, 0.25) is 0 Å². The first-order valence-corrected chi connectivity index (χ1v) is 4.76. The van der Waals surface area contributed by atoms with Gasteiger partial charge in [0.2, 0.25) is 0 Å². The SMILES string of the molecule is CCC/C(=C(\C)N)c1ccccc1. The second kappa shape index (κ2) is 4.70. The van der Waals surface area contributed by atoms with Crippen LogP contribution in [0, 0.1) is 0 Å². The third-order valence-electron chi connectivity index (χ3n) is 2.10. The average molecular weight is 175 g/mol. The molecule has 0 heterocycles. The number of rotatable bonds is 3. The van der Waals surface area contributed by atoms with E-state index in [1.54, 1.807) is 0 Å². The number of hydrogen-bond donors (Lipinski definition) is 1. The van der Waals surface area contributed by atoms with E-state index in [4.69, 9.17) is 5.73 Å². The first kappa shape index (κ1) is 9.85. The van der Waals surface area contributed by atoms with Crippen molar-refractivity contribution < 1.29 is 0 Å². The van der Waals surface area contributed by atoms with Gasteiger partial charge in [-0.15, -0.1) is 0 Å². The van der Waals surface area contributed by atoms with Gasteiger partial charge in [-0.05, 0) is 24.5 Å². The van der Waals surface area contributed by atoms with Crippen LogP contribution in [-0.4, -0.2) is 0 Å². The summed E-state index contributed by atoms with van der Waals surface area (Å²) in [4.78, 5) is 0. The Hall–Kier alpha value is -1.24. The van der Waals surface area contributed by atoms with Crippen molar-refractivity contribution >= 4 is 5.57 Å². The van der Waals surface area contributed by atoms with Crippen LogP contribution in [0.5, 0.6) is 0 Å².